The molecule has 4 nitrogen and oxygen atoms in total. The van der Waals surface area contributed by atoms with Gasteiger partial charge in [-0.05, 0) is 53.0 Å². The molecular formula is C14H28N2O2. The number of nitrogens with one attached hydrogen (secondary N) is 2. The highest BCUT2D eigenvalue weighted by atomic mass is 16.6. The van der Waals surface area contributed by atoms with Crippen LogP contribution in [0.25, 0.3) is 0 Å². The van der Waals surface area contributed by atoms with Crippen LogP contribution in [0.2, 0.25) is 0 Å². The van der Waals surface area contributed by atoms with E-state index in [2.05, 4.69) is 17.6 Å². The van der Waals surface area contributed by atoms with E-state index in [1.807, 2.05) is 20.8 Å². The molecule has 0 radical (unpaired) electrons. The van der Waals surface area contributed by atoms with E-state index in [0.29, 0.717) is 6.04 Å². The fraction of sp³-hybridized carbons (Fsp3) is 0.929. The fourth-order valence-corrected chi connectivity index (χ4v) is 2.26. The Balaban J connectivity index is 2.19. The molecule has 0 aliphatic heterocycles. The third-order valence-corrected chi connectivity index (χ3v) is 3.12. The lowest BCUT2D eigenvalue weighted by atomic mass is 10.2. The number of unbranched alkanes of at least 4 members (excludes halogenated alkanes) is 1. The van der Waals surface area contributed by atoms with Crippen molar-refractivity contribution < 1.29 is 9.53 Å². The summed E-state index contributed by atoms with van der Waals surface area (Å²) in [4.78, 5) is 11.6. The van der Waals surface area contributed by atoms with Gasteiger partial charge in [0.05, 0.1) is 0 Å². The molecule has 4 heteroatoms. The van der Waals surface area contributed by atoms with Crippen LogP contribution in [-0.2, 0) is 4.74 Å². The first-order valence-electron chi connectivity index (χ1n) is 7.13. The molecular weight excluding hydrogens is 228 g/mol. The number of hydrogen-bond donors (Lipinski definition) is 2. The Morgan fingerprint density at radius 3 is 2.56 bits per heavy atom. The molecule has 1 aliphatic carbocycles. The molecule has 2 N–H and O–H groups in total. The summed E-state index contributed by atoms with van der Waals surface area (Å²) in [5.41, 5.74) is -0.415. The Kier molecular flexibility index (Phi) is 5.93. The van der Waals surface area contributed by atoms with Gasteiger partial charge in [0.1, 0.15) is 5.60 Å². The van der Waals surface area contributed by atoms with E-state index in [1.54, 1.807) is 0 Å². The van der Waals surface area contributed by atoms with E-state index in [-0.39, 0.29) is 12.1 Å². The number of rotatable bonds is 5. The van der Waals surface area contributed by atoms with Crippen LogP contribution in [0, 0.1) is 0 Å². The molecule has 2 unspecified atom stereocenters. The minimum absolute atomic E-state index is 0.263. The summed E-state index contributed by atoms with van der Waals surface area (Å²) in [6.07, 6.45) is 5.36. The molecule has 0 heterocycles. The monoisotopic (exact) mass is 256 g/mol. The van der Waals surface area contributed by atoms with E-state index < -0.39 is 5.60 Å². The lowest BCUT2D eigenvalue weighted by molar-refractivity contribution is 0.0505. The molecule has 2 atom stereocenters. The molecule has 1 saturated carbocycles. The van der Waals surface area contributed by atoms with Crippen molar-refractivity contribution in [1.82, 2.24) is 10.6 Å². The minimum atomic E-state index is -0.415. The smallest absolute Gasteiger partial charge is 0.407 e. The summed E-state index contributed by atoms with van der Waals surface area (Å²) in [6, 6.07) is 0.815. The summed E-state index contributed by atoms with van der Waals surface area (Å²) < 4.78 is 5.26. The molecule has 1 rings (SSSR count). The maximum atomic E-state index is 11.6. The maximum Gasteiger partial charge on any atom is 0.407 e. The van der Waals surface area contributed by atoms with Crippen LogP contribution in [0.5, 0.6) is 0 Å². The van der Waals surface area contributed by atoms with Crippen molar-refractivity contribution in [2.75, 3.05) is 6.54 Å². The van der Waals surface area contributed by atoms with Crippen LogP contribution in [0.15, 0.2) is 0 Å². The second-order valence-electron chi connectivity index (χ2n) is 6.16. The highest BCUT2D eigenvalue weighted by molar-refractivity contribution is 5.68. The van der Waals surface area contributed by atoms with Gasteiger partial charge in [0, 0.05) is 12.1 Å². The summed E-state index contributed by atoms with van der Waals surface area (Å²) in [5.74, 6) is 0. The van der Waals surface area contributed by atoms with Gasteiger partial charge in [-0.15, -0.1) is 0 Å². The summed E-state index contributed by atoms with van der Waals surface area (Å²) in [5, 5.41) is 6.50. The van der Waals surface area contributed by atoms with Gasteiger partial charge in [-0.2, -0.15) is 0 Å². The molecule has 1 aliphatic rings. The lowest BCUT2D eigenvalue weighted by Crippen LogP contribution is -2.39. The fourth-order valence-electron chi connectivity index (χ4n) is 2.26. The third-order valence-electron chi connectivity index (χ3n) is 3.12. The Labute approximate surface area is 111 Å². The highest BCUT2D eigenvalue weighted by Crippen LogP contribution is 2.19. The Bertz CT molecular complexity index is 261. The molecule has 0 bridgehead atoms. The van der Waals surface area contributed by atoms with Gasteiger partial charge >= 0.3 is 6.09 Å². The van der Waals surface area contributed by atoms with Gasteiger partial charge in [0.2, 0.25) is 0 Å². The van der Waals surface area contributed by atoms with Gasteiger partial charge in [-0.1, -0.05) is 13.3 Å². The SMILES string of the molecule is CCCCNC1CCC(NC(=O)OC(C)(C)C)C1. The maximum absolute atomic E-state index is 11.6. The molecule has 0 saturated heterocycles. The van der Waals surface area contributed by atoms with Crippen molar-refractivity contribution in [1.29, 1.82) is 0 Å². The van der Waals surface area contributed by atoms with Gasteiger partial charge in [0.15, 0.2) is 0 Å². The first-order chi connectivity index (χ1) is 8.40. The van der Waals surface area contributed by atoms with Crippen molar-refractivity contribution in [3.63, 3.8) is 0 Å². The molecule has 0 aromatic heterocycles. The number of ether oxygens (including phenoxy) is 1. The van der Waals surface area contributed by atoms with Gasteiger partial charge < -0.3 is 15.4 Å². The standard InChI is InChI=1S/C14H28N2O2/c1-5-6-9-15-11-7-8-12(10-11)16-13(17)18-14(2,3)4/h11-12,15H,5-10H2,1-4H3,(H,16,17). The Morgan fingerprint density at radius 1 is 1.28 bits per heavy atom. The van der Waals surface area contributed by atoms with Gasteiger partial charge in [-0.3, -0.25) is 0 Å². The molecule has 106 valence electrons. The van der Waals surface area contributed by atoms with E-state index in [1.165, 1.54) is 12.8 Å². The molecule has 0 aromatic carbocycles. The lowest BCUT2D eigenvalue weighted by Gasteiger charge is -2.21. The van der Waals surface area contributed by atoms with Crippen LogP contribution < -0.4 is 10.6 Å². The van der Waals surface area contributed by atoms with E-state index in [9.17, 15) is 4.79 Å². The number of amides is 1. The topological polar surface area (TPSA) is 50.4 Å². The van der Waals surface area contributed by atoms with E-state index in [4.69, 9.17) is 4.74 Å². The normalized spacial score (nSPS) is 24.0. The average Bonchev–Trinajstić information content (AvgIpc) is 2.63. The second kappa shape index (κ2) is 6.98. The zero-order valence-electron chi connectivity index (χ0n) is 12.2. The van der Waals surface area contributed by atoms with Crippen LogP contribution in [0.4, 0.5) is 4.79 Å². The van der Waals surface area contributed by atoms with Gasteiger partial charge in [0.25, 0.3) is 0 Å². The molecule has 1 fully saturated rings. The van der Waals surface area contributed by atoms with Crippen LogP contribution >= 0.6 is 0 Å². The van der Waals surface area contributed by atoms with Crippen molar-refractivity contribution >= 4 is 6.09 Å². The summed E-state index contributed by atoms with van der Waals surface area (Å²) in [6.45, 7) is 8.94. The first kappa shape index (κ1) is 15.3. The zero-order valence-corrected chi connectivity index (χ0v) is 12.2. The number of carbonyl (C=O) groups is 1. The predicted octanol–water partition coefficient (Wildman–Crippen LogP) is 2.82. The first-order valence-corrected chi connectivity index (χ1v) is 7.13. The number of hydrogen-bond acceptors (Lipinski definition) is 3. The molecule has 0 aromatic rings. The molecule has 18 heavy (non-hydrogen) atoms. The average molecular weight is 256 g/mol. The Hall–Kier alpha value is -0.770. The van der Waals surface area contributed by atoms with Crippen LogP contribution in [-0.4, -0.2) is 30.3 Å². The zero-order chi connectivity index (χ0) is 13.6. The predicted molar refractivity (Wildman–Crippen MR) is 73.7 cm³/mol. The Morgan fingerprint density at radius 2 is 1.94 bits per heavy atom. The van der Waals surface area contributed by atoms with Crippen molar-refractivity contribution in [3.05, 3.63) is 0 Å². The van der Waals surface area contributed by atoms with E-state index >= 15 is 0 Å². The van der Waals surface area contributed by atoms with Crippen molar-refractivity contribution in [2.24, 2.45) is 0 Å². The molecule has 1 amide bonds. The van der Waals surface area contributed by atoms with Crippen molar-refractivity contribution in [3.8, 4) is 0 Å². The largest absolute Gasteiger partial charge is 0.444 e. The second-order valence-corrected chi connectivity index (χ2v) is 6.16. The number of carbonyl (C=O) groups excluding carboxylic acids is 1. The van der Waals surface area contributed by atoms with E-state index in [0.717, 1.165) is 25.8 Å². The quantitative estimate of drug-likeness (QED) is 0.744. The van der Waals surface area contributed by atoms with Crippen LogP contribution in [0.1, 0.15) is 59.8 Å². The molecule has 0 spiro atoms. The van der Waals surface area contributed by atoms with Crippen molar-refractivity contribution in [2.45, 2.75) is 77.5 Å². The highest BCUT2D eigenvalue weighted by Gasteiger charge is 2.27. The minimum Gasteiger partial charge on any atom is -0.444 e. The van der Waals surface area contributed by atoms with Crippen LogP contribution in [0.3, 0.4) is 0 Å². The van der Waals surface area contributed by atoms with Gasteiger partial charge in [-0.25, -0.2) is 4.79 Å². The third kappa shape index (κ3) is 6.24. The summed E-state index contributed by atoms with van der Waals surface area (Å²) >= 11 is 0. The summed E-state index contributed by atoms with van der Waals surface area (Å²) in [7, 11) is 0. The number of alkyl carbamates (subject to hydrolysis) is 1.